The van der Waals surface area contributed by atoms with Crippen molar-refractivity contribution in [1.29, 1.82) is 0 Å². The summed E-state index contributed by atoms with van der Waals surface area (Å²) in [4.78, 5) is 8.77. The van der Waals surface area contributed by atoms with Crippen molar-refractivity contribution in [2.75, 3.05) is 11.9 Å². The van der Waals surface area contributed by atoms with Gasteiger partial charge >= 0.3 is 0 Å². The second-order valence-electron chi connectivity index (χ2n) is 4.42. The quantitative estimate of drug-likeness (QED) is 0.800. The molecule has 0 aliphatic rings. The molecule has 0 spiro atoms. The van der Waals surface area contributed by atoms with Gasteiger partial charge in [0.1, 0.15) is 12.1 Å². The minimum Gasteiger partial charge on any atom is -0.370 e. The van der Waals surface area contributed by atoms with Gasteiger partial charge in [0.05, 0.1) is 5.69 Å². The summed E-state index contributed by atoms with van der Waals surface area (Å²) in [7, 11) is 0. The molecule has 0 bridgehead atoms. The molecule has 1 rings (SSSR count). The fourth-order valence-corrected chi connectivity index (χ4v) is 1.82. The van der Waals surface area contributed by atoms with Gasteiger partial charge < -0.3 is 5.32 Å². The van der Waals surface area contributed by atoms with E-state index in [0.29, 0.717) is 5.92 Å². The van der Waals surface area contributed by atoms with Crippen molar-refractivity contribution < 1.29 is 0 Å². The van der Waals surface area contributed by atoms with Gasteiger partial charge in [-0.3, -0.25) is 0 Å². The average molecular weight is 221 g/mol. The molecular formula is C13H23N3. The van der Waals surface area contributed by atoms with Gasteiger partial charge in [0.15, 0.2) is 0 Å². The zero-order chi connectivity index (χ0) is 12.0. The fourth-order valence-electron chi connectivity index (χ4n) is 1.82. The Kier molecular flexibility index (Phi) is 5.23. The monoisotopic (exact) mass is 221 g/mol. The number of nitrogens with one attached hydrogen (secondary N) is 1. The van der Waals surface area contributed by atoms with Crippen LogP contribution < -0.4 is 5.32 Å². The van der Waals surface area contributed by atoms with Crippen LogP contribution in [0.4, 0.5) is 5.82 Å². The molecule has 0 aliphatic heterocycles. The normalized spacial score (nSPS) is 10.8. The smallest absolute Gasteiger partial charge is 0.132 e. The summed E-state index contributed by atoms with van der Waals surface area (Å²) < 4.78 is 0. The van der Waals surface area contributed by atoms with Gasteiger partial charge in [-0.2, -0.15) is 0 Å². The van der Waals surface area contributed by atoms with E-state index < -0.39 is 0 Å². The van der Waals surface area contributed by atoms with E-state index >= 15 is 0 Å². The molecule has 3 nitrogen and oxygen atoms in total. The van der Waals surface area contributed by atoms with Gasteiger partial charge in [0, 0.05) is 12.1 Å². The molecular weight excluding hydrogens is 198 g/mol. The Bertz CT molecular complexity index is 321. The third-order valence-electron chi connectivity index (χ3n) is 2.57. The van der Waals surface area contributed by atoms with Crippen molar-refractivity contribution >= 4 is 5.82 Å². The summed E-state index contributed by atoms with van der Waals surface area (Å²) in [5, 5.41) is 3.39. The Morgan fingerprint density at radius 3 is 2.50 bits per heavy atom. The minimum absolute atomic E-state index is 0.465. The van der Waals surface area contributed by atoms with Gasteiger partial charge in [-0.25, -0.2) is 9.97 Å². The van der Waals surface area contributed by atoms with Crippen molar-refractivity contribution in [3.63, 3.8) is 0 Å². The number of hydrogen-bond donors (Lipinski definition) is 1. The highest BCUT2D eigenvalue weighted by Crippen LogP contribution is 2.23. The molecule has 0 aliphatic carbocycles. The van der Waals surface area contributed by atoms with Gasteiger partial charge in [-0.15, -0.1) is 0 Å². The van der Waals surface area contributed by atoms with E-state index in [1.165, 1.54) is 11.3 Å². The van der Waals surface area contributed by atoms with Crippen LogP contribution in [-0.2, 0) is 6.42 Å². The number of hydrogen-bond acceptors (Lipinski definition) is 3. The van der Waals surface area contributed by atoms with Crippen LogP contribution in [0.25, 0.3) is 0 Å². The van der Waals surface area contributed by atoms with Crippen LogP contribution in [0.5, 0.6) is 0 Å². The molecule has 3 heteroatoms. The van der Waals surface area contributed by atoms with Gasteiger partial charge in [0.25, 0.3) is 0 Å². The fraction of sp³-hybridized carbons (Fsp3) is 0.692. The summed E-state index contributed by atoms with van der Waals surface area (Å²) in [6.07, 6.45) is 4.98. The molecule has 0 saturated carbocycles. The van der Waals surface area contributed by atoms with E-state index in [-0.39, 0.29) is 0 Å². The predicted molar refractivity (Wildman–Crippen MR) is 68.9 cm³/mol. The highest BCUT2D eigenvalue weighted by atomic mass is 15.0. The van der Waals surface area contributed by atoms with E-state index in [1.54, 1.807) is 6.33 Å². The number of rotatable bonds is 6. The molecule has 90 valence electrons. The van der Waals surface area contributed by atoms with Crippen LogP contribution in [-0.4, -0.2) is 16.5 Å². The summed E-state index contributed by atoms with van der Waals surface area (Å²) >= 11 is 0. The number of nitrogens with zero attached hydrogens (tertiary/aromatic N) is 2. The lowest BCUT2D eigenvalue weighted by atomic mass is 10.0. The van der Waals surface area contributed by atoms with Gasteiger partial charge in [-0.1, -0.05) is 34.1 Å². The molecule has 1 aromatic rings. The Morgan fingerprint density at radius 2 is 1.94 bits per heavy atom. The maximum absolute atomic E-state index is 4.41. The molecule has 0 saturated heterocycles. The van der Waals surface area contributed by atoms with Crippen molar-refractivity contribution in [3.05, 3.63) is 17.6 Å². The zero-order valence-corrected chi connectivity index (χ0v) is 10.9. The summed E-state index contributed by atoms with van der Waals surface area (Å²) in [6.45, 7) is 9.71. The van der Waals surface area contributed by atoms with Crippen LogP contribution >= 0.6 is 0 Å². The topological polar surface area (TPSA) is 37.8 Å². The molecule has 1 N–H and O–H groups in total. The first kappa shape index (κ1) is 12.9. The zero-order valence-electron chi connectivity index (χ0n) is 10.9. The molecule has 0 amide bonds. The average Bonchev–Trinajstić information content (AvgIpc) is 2.27. The number of aromatic nitrogens is 2. The Morgan fingerprint density at radius 1 is 1.19 bits per heavy atom. The summed E-state index contributed by atoms with van der Waals surface area (Å²) in [5.41, 5.74) is 2.49. The second-order valence-corrected chi connectivity index (χ2v) is 4.42. The van der Waals surface area contributed by atoms with Gasteiger partial charge in [0.2, 0.25) is 0 Å². The summed E-state index contributed by atoms with van der Waals surface area (Å²) in [5.74, 6) is 1.49. The SMILES string of the molecule is CCCNc1ncnc(C(C)C)c1CCC. The Hall–Kier alpha value is -1.12. The van der Waals surface area contributed by atoms with Crippen LogP contribution in [0, 0.1) is 0 Å². The molecule has 0 fully saturated rings. The van der Waals surface area contributed by atoms with E-state index in [4.69, 9.17) is 0 Å². The lowest BCUT2D eigenvalue weighted by Gasteiger charge is -2.15. The largest absolute Gasteiger partial charge is 0.370 e. The first-order valence-electron chi connectivity index (χ1n) is 6.28. The second kappa shape index (κ2) is 6.46. The van der Waals surface area contributed by atoms with Gasteiger partial charge in [-0.05, 0) is 18.8 Å². The van der Waals surface area contributed by atoms with Crippen LogP contribution in [0.15, 0.2) is 6.33 Å². The first-order chi connectivity index (χ1) is 7.70. The molecule has 1 heterocycles. The maximum Gasteiger partial charge on any atom is 0.132 e. The molecule has 16 heavy (non-hydrogen) atoms. The molecule has 0 atom stereocenters. The Balaban J connectivity index is 3.00. The van der Waals surface area contributed by atoms with E-state index in [1.807, 2.05) is 0 Å². The lowest BCUT2D eigenvalue weighted by Crippen LogP contribution is -2.10. The predicted octanol–water partition coefficient (Wildman–Crippen LogP) is 3.37. The first-order valence-corrected chi connectivity index (χ1v) is 6.28. The van der Waals surface area contributed by atoms with Crippen molar-refractivity contribution in [3.8, 4) is 0 Å². The number of anilines is 1. The van der Waals surface area contributed by atoms with Crippen molar-refractivity contribution in [2.24, 2.45) is 0 Å². The van der Waals surface area contributed by atoms with Crippen LogP contribution in [0.2, 0.25) is 0 Å². The Labute approximate surface area is 98.7 Å². The standard InChI is InChI=1S/C13H23N3/c1-5-7-11-12(10(3)4)15-9-16-13(11)14-8-6-2/h9-10H,5-8H2,1-4H3,(H,14,15,16). The molecule has 1 aromatic heterocycles. The molecule has 0 aromatic carbocycles. The summed E-state index contributed by atoms with van der Waals surface area (Å²) in [6, 6.07) is 0. The third kappa shape index (κ3) is 3.19. The maximum atomic E-state index is 4.41. The van der Waals surface area contributed by atoms with E-state index in [9.17, 15) is 0 Å². The molecule has 0 unspecified atom stereocenters. The van der Waals surface area contributed by atoms with Crippen LogP contribution in [0.1, 0.15) is 57.7 Å². The highest BCUT2D eigenvalue weighted by Gasteiger charge is 2.12. The minimum atomic E-state index is 0.465. The highest BCUT2D eigenvalue weighted by molar-refractivity contribution is 5.46. The third-order valence-corrected chi connectivity index (χ3v) is 2.57. The molecule has 0 radical (unpaired) electrons. The van der Waals surface area contributed by atoms with E-state index in [2.05, 4.69) is 43.0 Å². The lowest BCUT2D eigenvalue weighted by molar-refractivity contribution is 0.770. The van der Waals surface area contributed by atoms with Crippen molar-refractivity contribution in [1.82, 2.24) is 9.97 Å². The van der Waals surface area contributed by atoms with E-state index in [0.717, 1.165) is 31.6 Å². The van der Waals surface area contributed by atoms with Crippen LogP contribution in [0.3, 0.4) is 0 Å². The van der Waals surface area contributed by atoms with Crippen molar-refractivity contribution in [2.45, 2.75) is 52.9 Å².